The van der Waals surface area contributed by atoms with Gasteiger partial charge in [-0.05, 0) is 25.5 Å². The van der Waals surface area contributed by atoms with Crippen LogP contribution in [0.25, 0.3) is 0 Å². The van der Waals surface area contributed by atoms with E-state index in [9.17, 15) is 26.7 Å². The van der Waals surface area contributed by atoms with Crippen LogP contribution in [0.5, 0.6) is 0 Å². The third kappa shape index (κ3) is 3.37. The molecule has 1 fully saturated rings. The Labute approximate surface area is 124 Å². The lowest BCUT2D eigenvalue weighted by atomic mass is 9.92. The second-order valence-corrected chi connectivity index (χ2v) is 5.24. The SMILES string of the molecule is CN(C(=O)C(F)(F)F)[C@@H]1CCN[C@H](c2cccc(F)c2F)C1. The molecule has 1 N–H and O–H groups in total. The molecule has 122 valence electrons. The third-order valence-electron chi connectivity index (χ3n) is 3.84. The van der Waals surface area contributed by atoms with Crippen LogP contribution < -0.4 is 5.32 Å². The molecule has 22 heavy (non-hydrogen) atoms. The molecule has 0 aromatic heterocycles. The summed E-state index contributed by atoms with van der Waals surface area (Å²) in [7, 11) is 1.07. The highest BCUT2D eigenvalue weighted by Gasteiger charge is 2.44. The summed E-state index contributed by atoms with van der Waals surface area (Å²) in [6, 6.07) is 2.35. The molecule has 0 spiro atoms. The molecule has 2 rings (SSSR count). The van der Waals surface area contributed by atoms with Gasteiger partial charge in [0, 0.05) is 24.7 Å². The standard InChI is InChI=1S/C14H15F5N2O/c1-21(13(22)14(17,18)19)8-5-6-20-11(7-8)9-3-2-4-10(15)12(9)16/h2-4,8,11,20H,5-7H2,1H3/t8-,11+/m1/s1. The molecule has 3 nitrogen and oxygen atoms in total. The number of rotatable bonds is 2. The molecule has 1 heterocycles. The van der Waals surface area contributed by atoms with Crippen LogP contribution >= 0.6 is 0 Å². The fraction of sp³-hybridized carbons (Fsp3) is 0.500. The normalized spacial score (nSPS) is 22.5. The van der Waals surface area contributed by atoms with Crippen molar-refractivity contribution in [1.82, 2.24) is 10.2 Å². The number of carbonyl (C=O) groups is 1. The van der Waals surface area contributed by atoms with Gasteiger partial charge in [-0.25, -0.2) is 8.78 Å². The lowest BCUT2D eigenvalue weighted by Crippen LogP contribution is -2.49. The summed E-state index contributed by atoms with van der Waals surface area (Å²) in [4.78, 5) is 11.9. The Kier molecular flexibility index (Phi) is 4.69. The van der Waals surface area contributed by atoms with Crippen molar-refractivity contribution in [3.63, 3.8) is 0 Å². The molecule has 0 unspecified atom stereocenters. The van der Waals surface area contributed by atoms with Gasteiger partial charge in [0.25, 0.3) is 0 Å². The Balaban J connectivity index is 2.15. The zero-order valence-electron chi connectivity index (χ0n) is 11.8. The highest BCUT2D eigenvalue weighted by atomic mass is 19.4. The van der Waals surface area contributed by atoms with Gasteiger partial charge in [-0.2, -0.15) is 13.2 Å². The molecule has 1 aromatic rings. The number of piperidine rings is 1. The first-order chi connectivity index (χ1) is 10.2. The van der Waals surface area contributed by atoms with Crippen LogP contribution in [-0.2, 0) is 4.79 Å². The van der Waals surface area contributed by atoms with E-state index in [4.69, 9.17) is 0 Å². The first-order valence-electron chi connectivity index (χ1n) is 6.73. The molecule has 1 aromatic carbocycles. The monoisotopic (exact) mass is 322 g/mol. The van der Waals surface area contributed by atoms with Crippen LogP contribution in [0.2, 0.25) is 0 Å². The van der Waals surface area contributed by atoms with Crippen molar-refractivity contribution >= 4 is 5.91 Å². The van der Waals surface area contributed by atoms with Crippen LogP contribution in [0.1, 0.15) is 24.4 Å². The van der Waals surface area contributed by atoms with E-state index < -0.39 is 35.8 Å². The van der Waals surface area contributed by atoms with Crippen molar-refractivity contribution in [2.75, 3.05) is 13.6 Å². The predicted octanol–water partition coefficient (Wildman–Crippen LogP) is 2.78. The maximum atomic E-state index is 13.8. The zero-order valence-corrected chi connectivity index (χ0v) is 11.8. The number of carbonyl (C=O) groups excluding carboxylic acids is 1. The van der Waals surface area contributed by atoms with E-state index in [0.29, 0.717) is 17.9 Å². The minimum absolute atomic E-state index is 0.0533. The van der Waals surface area contributed by atoms with E-state index >= 15 is 0 Å². The number of nitrogens with one attached hydrogen (secondary N) is 1. The number of benzene rings is 1. The van der Waals surface area contributed by atoms with E-state index in [0.717, 1.165) is 13.1 Å². The molecule has 2 atom stereocenters. The van der Waals surface area contributed by atoms with E-state index in [1.807, 2.05) is 0 Å². The van der Waals surface area contributed by atoms with E-state index in [1.54, 1.807) is 0 Å². The van der Waals surface area contributed by atoms with Gasteiger partial charge in [0.05, 0.1) is 0 Å². The fourth-order valence-corrected chi connectivity index (χ4v) is 2.64. The highest BCUT2D eigenvalue weighted by Crippen LogP contribution is 2.30. The maximum Gasteiger partial charge on any atom is 0.471 e. The number of nitrogens with zero attached hydrogens (tertiary/aromatic N) is 1. The predicted molar refractivity (Wildman–Crippen MR) is 68.9 cm³/mol. The summed E-state index contributed by atoms with van der Waals surface area (Å²) >= 11 is 0. The van der Waals surface area contributed by atoms with Gasteiger partial charge in [0.1, 0.15) is 0 Å². The number of hydrogen-bond acceptors (Lipinski definition) is 2. The Bertz CT molecular complexity index is 561. The summed E-state index contributed by atoms with van der Waals surface area (Å²) in [5, 5.41) is 2.94. The topological polar surface area (TPSA) is 32.3 Å². The Morgan fingerprint density at radius 2 is 2.00 bits per heavy atom. The minimum atomic E-state index is -4.95. The molecule has 0 bridgehead atoms. The van der Waals surface area contributed by atoms with Crippen LogP contribution in [0.15, 0.2) is 18.2 Å². The van der Waals surface area contributed by atoms with E-state index in [1.165, 1.54) is 12.1 Å². The Morgan fingerprint density at radius 3 is 2.64 bits per heavy atom. The van der Waals surface area contributed by atoms with Crippen molar-refractivity contribution in [2.45, 2.75) is 31.1 Å². The molecule has 1 saturated heterocycles. The average molecular weight is 322 g/mol. The average Bonchev–Trinajstić information content (AvgIpc) is 2.47. The van der Waals surface area contributed by atoms with E-state index in [2.05, 4.69) is 5.32 Å². The molecule has 0 saturated carbocycles. The highest BCUT2D eigenvalue weighted by molar-refractivity contribution is 5.81. The van der Waals surface area contributed by atoms with Crippen molar-refractivity contribution < 1.29 is 26.7 Å². The summed E-state index contributed by atoms with van der Waals surface area (Å²) in [5.41, 5.74) is 0.0533. The van der Waals surface area contributed by atoms with Crippen LogP contribution in [0, 0.1) is 11.6 Å². The van der Waals surface area contributed by atoms with Gasteiger partial charge in [-0.3, -0.25) is 4.79 Å². The third-order valence-corrected chi connectivity index (χ3v) is 3.84. The second kappa shape index (κ2) is 6.20. The van der Waals surface area contributed by atoms with Crippen molar-refractivity contribution in [3.05, 3.63) is 35.4 Å². The molecule has 0 aliphatic carbocycles. The number of halogens is 5. The molecule has 1 aliphatic heterocycles. The number of alkyl halides is 3. The van der Waals surface area contributed by atoms with Crippen molar-refractivity contribution in [3.8, 4) is 0 Å². The molecule has 8 heteroatoms. The smallest absolute Gasteiger partial charge is 0.335 e. The first-order valence-corrected chi connectivity index (χ1v) is 6.73. The van der Waals surface area contributed by atoms with Crippen molar-refractivity contribution in [1.29, 1.82) is 0 Å². The quantitative estimate of drug-likeness (QED) is 0.849. The van der Waals surface area contributed by atoms with Gasteiger partial charge in [-0.1, -0.05) is 12.1 Å². The Hall–Kier alpha value is -1.70. The summed E-state index contributed by atoms with van der Waals surface area (Å²) < 4.78 is 64.5. The number of amides is 1. The maximum absolute atomic E-state index is 13.8. The molecule has 1 amide bonds. The summed E-state index contributed by atoms with van der Waals surface area (Å²) in [6.07, 6.45) is -4.55. The minimum Gasteiger partial charge on any atom is -0.335 e. The molecular formula is C14H15F5N2O. The van der Waals surface area contributed by atoms with Gasteiger partial charge < -0.3 is 10.2 Å². The largest absolute Gasteiger partial charge is 0.471 e. The molecule has 0 radical (unpaired) electrons. The zero-order chi connectivity index (χ0) is 16.5. The van der Waals surface area contributed by atoms with Crippen LogP contribution in [0.3, 0.4) is 0 Å². The van der Waals surface area contributed by atoms with Gasteiger partial charge in [0.15, 0.2) is 11.6 Å². The van der Waals surface area contributed by atoms with Crippen LogP contribution in [0.4, 0.5) is 22.0 Å². The molecule has 1 aliphatic rings. The van der Waals surface area contributed by atoms with Gasteiger partial charge in [0.2, 0.25) is 0 Å². The fourth-order valence-electron chi connectivity index (χ4n) is 2.64. The van der Waals surface area contributed by atoms with Gasteiger partial charge >= 0.3 is 12.1 Å². The van der Waals surface area contributed by atoms with Crippen molar-refractivity contribution in [2.24, 2.45) is 0 Å². The lowest BCUT2D eigenvalue weighted by Gasteiger charge is -2.36. The molecular weight excluding hydrogens is 307 g/mol. The first kappa shape index (κ1) is 16.7. The second-order valence-electron chi connectivity index (χ2n) is 5.24. The van der Waals surface area contributed by atoms with Crippen LogP contribution in [-0.4, -0.2) is 36.6 Å². The van der Waals surface area contributed by atoms with Gasteiger partial charge in [-0.15, -0.1) is 0 Å². The van der Waals surface area contributed by atoms with E-state index in [-0.39, 0.29) is 12.0 Å². The Morgan fingerprint density at radius 1 is 1.32 bits per heavy atom. The number of hydrogen-bond donors (Lipinski definition) is 1. The lowest BCUT2D eigenvalue weighted by molar-refractivity contribution is -0.186. The summed E-state index contributed by atoms with van der Waals surface area (Å²) in [5.74, 6) is -3.97. The summed E-state index contributed by atoms with van der Waals surface area (Å²) in [6.45, 7) is 0.306.